The number of carbonyl (C=O) groups is 1. The van der Waals surface area contributed by atoms with Gasteiger partial charge in [-0.1, -0.05) is 11.2 Å². The Bertz CT molecular complexity index is 877. The Kier molecular flexibility index (Phi) is 2.98. The number of halogens is 3. The standard InChI is InChI=1S/C14H9F3N2O3/c1-19-10-5-8(14(15,16)17)3-2-7(10)4-11(19)12-9(13(20)21)6-18-22-12/h2-6H,1H3,(H,20,21). The number of nitrogens with zero attached hydrogens (tertiary/aromatic N) is 2. The molecule has 2 aromatic heterocycles. The molecule has 1 aromatic carbocycles. The predicted octanol–water partition coefficient (Wildman–Crippen LogP) is 3.55. The predicted molar refractivity (Wildman–Crippen MR) is 70.4 cm³/mol. The van der Waals surface area contributed by atoms with Crippen molar-refractivity contribution in [1.82, 2.24) is 9.72 Å². The topological polar surface area (TPSA) is 68.3 Å². The lowest BCUT2D eigenvalue weighted by molar-refractivity contribution is -0.137. The zero-order valence-corrected chi connectivity index (χ0v) is 11.2. The van der Waals surface area contributed by atoms with E-state index in [1.54, 1.807) is 6.07 Å². The highest BCUT2D eigenvalue weighted by atomic mass is 19.4. The van der Waals surface area contributed by atoms with E-state index < -0.39 is 17.7 Å². The second kappa shape index (κ2) is 4.62. The van der Waals surface area contributed by atoms with E-state index in [2.05, 4.69) is 5.16 Å². The van der Waals surface area contributed by atoms with Gasteiger partial charge < -0.3 is 14.2 Å². The molecular formula is C14H9F3N2O3. The van der Waals surface area contributed by atoms with Crippen LogP contribution in [0, 0.1) is 0 Å². The third kappa shape index (κ3) is 2.12. The molecule has 1 N–H and O–H groups in total. The van der Waals surface area contributed by atoms with Gasteiger partial charge in [0.2, 0.25) is 0 Å². The number of hydrogen-bond donors (Lipinski definition) is 1. The van der Waals surface area contributed by atoms with E-state index in [1.165, 1.54) is 17.7 Å². The molecule has 0 radical (unpaired) electrons. The second-order valence-corrected chi connectivity index (χ2v) is 4.73. The number of carboxylic acid groups (broad SMARTS) is 1. The van der Waals surface area contributed by atoms with Crippen LogP contribution in [0.25, 0.3) is 22.4 Å². The van der Waals surface area contributed by atoms with Crippen molar-refractivity contribution in [3.05, 3.63) is 41.6 Å². The lowest BCUT2D eigenvalue weighted by Gasteiger charge is -2.07. The van der Waals surface area contributed by atoms with E-state index in [9.17, 15) is 18.0 Å². The van der Waals surface area contributed by atoms with E-state index in [-0.39, 0.29) is 11.3 Å². The Morgan fingerprint density at radius 3 is 2.68 bits per heavy atom. The quantitative estimate of drug-likeness (QED) is 0.786. The van der Waals surface area contributed by atoms with Gasteiger partial charge in [-0.2, -0.15) is 13.2 Å². The Balaban J connectivity index is 2.22. The van der Waals surface area contributed by atoms with Gasteiger partial charge >= 0.3 is 12.1 Å². The molecule has 0 atom stereocenters. The monoisotopic (exact) mass is 310 g/mol. The molecule has 22 heavy (non-hydrogen) atoms. The van der Waals surface area contributed by atoms with Crippen LogP contribution in [0.15, 0.2) is 35.0 Å². The van der Waals surface area contributed by atoms with Gasteiger partial charge in [-0.25, -0.2) is 4.79 Å². The molecule has 0 fully saturated rings. The highest BCUT2D eigenvalue weighted by Gasteiger charge is 2.31. The number of aromatic nitrogens is 2. The zero-order valence-electron chi connectivity index (χ0n) is 11.2. The molecule has 3 aromatic rings. The second-order valence-electron chi connectivity index (χ2n) is 4.73. The van der Waals surface area contributed by atoms with Crippen molar-refractivity contribution in [1.29, 1.82) is 0 Å². The summed E-state index contributed by atoms with van der Waals surface area (Å²) in [5, 5.41) is 13.1. The molecule has 0 aliphatic rings. The van der Waals surface area contributed by atoms with Gasteiger partial charge in [0.1, 0.15) is 5.56 Å². The maximum Gasteiger partial charge on any atom is 0.416 e. The van der Waals surface area contributed by atoms with Crippen molar-refractivity contribution in [2.75, 3.05) is 0 Å². The van der Waals surface area contributed by atoms with Crippen LogP contribution in [0.1, 0.15) is 15.9 Å². The Hall–Kier alpha value is -2.77. The smallest absolute Gasteiger partial charge is 0.416 e. The molecule has 8 heteroatoms. The lowest BCUT2D eigenvalue weighted by Crippen LogP contribution is -2.04. The van der Waals surface area contributed by atoms with E-state index >= 15 is 0 Å². The maximum absolute atomic E-state index is 12.8. The molecule has 114 valence electrons. The largest absolute Gasteiger partial charge is 0.477 e. The summed E-state index contributed by atoms with van der Waals surface area (Å²) in [5.41, 5.74) is -0.271. The fourth-order valence-electron chi connectivity index (χ4n) is 2.30. The molecule has 0 amide bonds. The van der Waals surface area contributed by atoms with Crippen LogP contribution in [0.3, 0.4) is 0 Å². The number of benzene rings is 1. The average molecular weight is 310 g/mol. The van der Waals surface area contributed by atoms with Gasteiger partial charge in [-0.15, -0.1) is 0 Å². The van der Waals surface area contributed by atoms with Gasteiger partial charge in [0, 0.05) is 18.0 Å². The van der Waals surface area contributed by atoms with E-state index in [4.69, 9.17) is 9.63 Å². The van der Waals surface area contributed by atoms with Crippen LogP contribution in [0.4, 0.5) is 13.2 Å². The first-order valence-electron chi connectivity index (χ1n) is 6.14. The minimum Gasteiger partial charge on any atom is -0.477 e. The summed E-state index contributed by atoms with van der Waals surface area (Å²) < 4.78 is 44.7. The first kappa shape index (κ1) is 14.2. The average Bonchev–Trinajstić information content (AvgIpc) is 3.02. The summed E-state index contributed by atoms with van der Waals surface area (Å²) >= 11 is 0. The Morgan fingerprint density at radius 2 is 2.05 bits per heavy atom. The number of carboxylic acids is 1. The van der Waals surface area contributed by atoms with Crippen molar-refractivity contribution in [2.24, 2.45) is 7.05 Å². The maximum atomic E-state index is 12.8. The number of aryl methyl sites for hydroxylation is 1. The van der Waals surface area contributed by atoms with E-state index in [0.717, 1.165) is 18.3 Å². The van der Waals surface area contributed by atoms with Gasteiger partial charge in [0.05, 0.1) is 17.5 Å². The molecule has 0 spiro atoms. The summed E-state index contributed by atoms with van der Waals surface area (Å²) in [5.74, 6) is -1.22. The Labute approximate surface area is 121 Å². The van der Waals surface area contributed by atoms with Crippen molar-refractivity contribution in [3.63, 3.8) is 0 Å². The molecule has 0 saturated carbocycles. The first-order chi connectivity index (χ1) is 10.3. The summed E-state index contributed by atoms with van der Waals surface area (Å²) in [7, 11) is 1.53. The van der Waals surface area contributed by atoms with Crippen molar-refractivity contribution in [3.8, 4) is 11.5 Å². The lowest BCUT2D eigenvalue weighted by atomic mass is 10.1. The molecule has 3 rings (SSSR count). The van der Waals surface area contributed by atoms with Crippen LogP contribution in [0.2, 0.25) is 0 Å². The van der Waals surface area contributed by atoms with Crippen LogP contribution in [-0.4, -0.2) is 20.8 Å². The third-order valence-corrected chi connectivity index (χ3v) is 3.41. The summed E-state index contributed by atoms with van der Waals surface area (Å²) in [6.45, 7) is 0. The first-order valence-corrected chi connectivity index (χ1v) is 6.14. The minimum absolute atomic E-state index is 0.000223. The molecule has 0 saturated heterocycles. The minimum atomic E-state index is -4.45. The molecule has 2 heterocycles. The summed E-state index contributed by atoms with van der Waals surface area (Å²) in [6, 6.07) is 4.88. The van der Waals surface area contributed by atoms with Crippen molar-refractivity contribution < 1.29 is 27.6 Å². The normalized spacial score (nSPS) is 12.0. The number of fused-ring (bicyclic) bond motifs is 1. The van der Waals surface area contributed by atoms with Crippen LogP contribution < -0.4 is 0 Å². The van der Waals surface area contributed by atoms with Crippen LogP contribution in [-0.2, 0) is 13.2 Å². The van der Waals surface area contributed by atoms with Crippen LogP contribution >= 0.6 is 0 Å². The summed E-state index contributed by atoms with van der Waals surface area (Å²) in [4.78, 5) is 11.1. The van der Waals surface area contributed by atoms with E-state index in [0.29, 0.717) is 16.6 Å². The molecule has 5 nitrogen and oxygen atoms in total. The van der Waals surface area contributed by atoms with Crippen molar-refractivity contribution in [2.45, 2.75) is 6.18 Å². The molecular weight excluding hydrogens is 301 g/mol. The van der Waals surface area contributed by atoms with Crippen molar-refractivity contribution >= 4 is 16.9 Å². The Morgan fingerprint density at radius 1 is 1.32 bits per heavy atom. The molecule has 0 aliphatic heterocycles. The summed E-state index contributed by atoms with van der Waals surface area (Å²) in [6.07, 6.45) is -3.40. The number of aromatic carboxylic acids is 1. The molecule has 0 aliphatic carbocycles. The number of hydrogen-bond acceptors (Lipinski definition) is 3. The SMILES string of the molecule is Cn1c(-c2oncc2C(=O)O)cc2ccc(C(F)(F)F)cc21. The highest BCUT2D eigenvalue weighted by molar-refractivity contribution is 5.96. The van der Waals surface area contributed by atoms with Gasteiger partial charge in [0.25, 0.3) is 0 Å². The molecule has 0 bridgehead atoms. The van der Waals surface area contributed by atoms with Gasteiger partial charge in [0.15, 0.2) is 5.76 Å². The van der Waals surface area contributed by atoms with Gasteiger partial charge in [-0.05, 0) is 18.2 Å². The number of rotatable bonds is 2. The molecule has 0 unspecified atom stereocenters. The zero-order chi connectivity index (χ0) is 16.1. The fraction of sp³-hybridized carbons (Fsp3) is 0.143. The number of alkyl halides is 3. The van der Waals surface area contributed by atoms with E-state index in [1.807, 2.05) is 0 Å². The third-order valence-electron chi connectivity index (χ3n) is 3.41. The van der Waals surface area contributed by atoms with Gasteiger partial charge in [-0.3, -0.25) is 0 Å². The fourth-order valence-corrected chi connectivity index (χ4v) is 2.30. The van der Waals surface area contributed by atoms with Crippen LogP contribution in [0.5, 0.6) is 0 Å². The highest BCUT2D eigenvalue weighted by Crippen LogP contribution is 2.34.